The summed E-state index contributed by atoms with van der Waals surface area (Å²) in [5, 5.41) is 2.92. The Hall–Kier alpha value is -1.01. The summed E-state index contributed by atoms with van der Waals surface area (Å²) in [6.45, 7) is 0.0126. The van der Waals surface area contributed by atoms with Crippen LogP contribution in [0.2, 0.25) is 0 Å². The fourth-order valence-corrected chi connectivity index (χ4v) is 3.80. The lowest BCUT2D eigenvalue weighted by Crippen LogP contribution is -2.40. The number of benzene rings is 1. The van der Waals surface area contributed by atoms with Gasteiger partial charge in [-0.05, 0) is 25.0 Å². The number of nitrogens with one attached hydrogen (secondary N) is 1. The molecule has 1 fully saturated rings. The van der Waals surface area contributed by atoms with Gasteiger partial charge < -0.3 is 5.32 Å². The lowest BCUT2D eigenvalue weighted by atomic mass is 10.1. The Morgan fingerprint density at radius 3 is 2.56 bits per heavy atom. The maximum Gasteiger partial charge on any atom is 0.151 e. The van der Waals surface area contributed by atoms with Crippen LogP contribution in [0.25, 0.3) is 0 Å². The molecule has 1 aliphatic heterocycles. The quantitative estimate of drug-likeness (QED) is 0.912. The molecule has 1 aromatic rings. The molecule has 1 saturated heterocycles. The van der Waals surface area contributed by atoms with Gasteiger partial charge in [0, 0.05) is 18.2 Å². The van der Waals surface area contributed by atoms with Gasteiger partial charge in [0.05, 0.1) is 11.5 Å². The van der Waals surface area contributed by atoms with Gasteiger partial charge >= 0.3 is 0 Å². The molecule has 1 atom stereocenters. The van der Waals surface area contributed by atoms with Gasteiger partial charge in [-0.25, -0.2) is 17.2 Å². The van der Waals surface area contributed by atoms with Crippen LogP contribution in [-0.2, 0) is 16.4 Å². The average molecular weight is 275 g/mol. The molecule has 1 N–H and O–H groups in total. The van der Waals surface area contributed by atoms with Crippen molar-refractivity contribution in [1.29, 1.82) is 0 Å². The molecule has 1 heterocycles. The zero-order chi connectivity index (χ0) is 13.2. The lowest BCUT2D eigenvalue weighted by Gasteiger charge is -2.23. The molecule has 0 amide bonds. The van der Waals surface area contributed by atoms with E-state index in [2.05, 4.69) is 5.32 Å². The molecule has 0 spiro atoms. The van der Waals surface area contributed by atoms with Crippen LogP contribution in [0, 0.1) is 11.6 Å². The highest BCUT2D eigenvalue weighted by molar-refractivity contribution is 7.91. The molecule has 0 saturated carbocycles. The third kappa shape index (κ3) is 3.26. The van der Waals surface area contributed by atoms with Crippen LogP contribution in [-0.4, -0.2) is 26.0 Å². The van der Waals surface area contributed by atoms with E-state index in [4.69, 9.17) is 0 Å². The maximum absolute atomic E-state index is 13.4. The maximum atomic E-state index is 13.4. The van der Waals surface area contributed by atoms with E-state index >= 15 is 0 Å². The van der Waals surface area contributed by atoms with Crippen LogP contribution in [0.15, 0.2) is 18.2 Å². The summed E-state index contributed by atoms with van der Waals surface area (Å²) in [6.07, 6.45) is 1.31. The minimum absolute atomic E-state index is 0.0126. The molecule has 0 aromatic heterocycles. The summed E-state index contributed by atoms with van der Waals surface area (Å²) in [6, 6.07) is 3.47. The topological polar surface area (TPSA) is 46.2 Å². The molecule has 1 unspecified atom stereocenters. The predicted molar refractivity (Wildman–Crippen MR) is 64.9 cm³/mol. The Morgan fingerprint density at radius 1 is 1.28 bits per heavy atom. The van der Waals surface area contributed by atoms with Crippen LogP contribution in [0.3, 0.4) is 0 Å². The summed E-state index contributed by atoms with van der Waals surface area (Å²) in [7, 11) is -3.01. The standard InChI is InChI=1S/C12H15F2NO2S/c13-11-4-1-5-12(14)10(11)7-15-9-3-2-6-18(16,17)8-9/h1,4-5,9,15H,2-3,6-8H2. The minimum atomic E-state index is -3.01. The van der Waals surface area contributed by atoms with Crippen molar-refractivity contribution in [3.8, 4) is 0 Å². The van der Waals surface area contributed by atoms with Crippen LogP contribution >= 0.6 is 0 Å². The summed E-state index contributed by atoms with van der Waals surface area (Å²) in [5.74, 6) is -0.968. The van der Waals surface area contributed by atoms with E-state index in [-0.39, 0.29) is 29.7 Å². The molecular weight excluding hydrogens is 260 g/mol. The van der Waals surface area contributed by atoms with Crippen molar-refractivity contribution >= 4 is 9.84 Å². The number of hydrogen-bond donors (Lipinski definition) is 1. The second kappa shape index (κ2) is 5.32. The summed E-state index contributed by atoms with van der Waals surface area (Å²) in [4.78, 5) is 0. The SMILES string of the molecule is O=S1(=O)CCCC(NCc2c(F)cccc2F)C1. The molecule has 0 bridgehead atoms. The average Bonchev–Trinajstić information content (AvgIpc) is 2.27. The normalized spacial score (nSPS) is 22.9. The molecule has 1 aliphatic rings. The Balaban J connectivity index is 2.00. The van der Waals surface area contributed by atoms with Gasteiger partial charge in [0.25, 0.3) is 0 Å². The Bertz CT molecular complexity index is 511. The van der Waals surface area contributed by atoms with Crippen molar-refractivity contribution in [2.45, 2.75) is 25.4 Å². The van der Waals surface area contributed by atoms with E-state index < -0.39 is 21.5 Å². The van der Waals surface area contributed by atoms with Gasteiger partial charge in [0.2, 0.25) is 0 Å². The predicted octanol–water partition coefficient (Wildman–Crippen LogP) is 1.63. The van der Waals surface area contributed by atoms with Crippen molar-refractivity contribution in [3.05, 3.63) is 35.4 Å². The van der Waals surface area contributed by atoms with Crippen LogP contribution < -0.4 is 5.32 Å². The third-order valence-corrected chi connectivity index (χ3v) is 4.91. The van der Waals surface area contributed by atoms with Crippen molar-refractivity contribution in [3.63, 3.8) is 0 Å². The van der Waals surface area contributed by atoms with Crippen LogP contribution in [0.4, 0.5) is 8.78 Å². The van der Waals surface area contributed by atoms with Gasteiger partial charge in [0.1, 0.15) is 11.6 Å². The highest BCUT2D eigenvalue weighted by atomic mass is 32.2. The molecule has 100 valence electrons. The van der Waals surface area contributed by atoms with Crippen molar-refractivity contribution < 1.29 is 17.2 Å². The van der Waals surface area contributed by atoms with E-state index in [1.54, 1.807) is 0 Å². The largest absolute Gasteiger partial charge is 0.309 e. The highest BCUT2D eigenvalue weighted by Gasteiger charge is 2.24. The number of hydrogen-bond acceptors (Lipinski definition) is 3. The van der Waals surface area contributed by atoms with Gasteiger partial charge in [0.15, 0.2) is 9.84 Å². The first kappa shape index (κ1) is 13.4. The van der Waals surface area contributed by atoms with Gasteiger partial charge in [-0.2, -0.15) is 0 Å². The number of halogens is 2. The van der Waals surface area contributed by atoms with E-state index in [0.717, 1.165) is 6.42 Å². The Morgan fingerprint density at radius 2 is 1.94 bits per heavy atom. The zero-order valence-electron chi connectivity index (χ0n) is 9.83. The highest BCUT2D eigenvalue weighted by Crippen LogP contribution is 2.15. The van der Waals surface area contributed by atoms with Crippen molar-refractivity contribution in [2.24, 2.45) is 0 Å². The fourth-order valence-electron chi connectivity index (χ4n) is 2.13. The second-order valence-corrected chi connectivity index (χ2v) is 6.76. The molecule has 0 aliphatic carbocycles. The van der Waals surface area contributed by atoms with Crippen LogP contribution in [0.1, 0.15) is 18.4 Å². The van der Waals surface area contributed by atoms with E-state index in [1.807, 2.05) is 0 Å². The molecule has 3 nitrogen and oxygen atoms in total. The van der Waals surface area contributed by atoms with Crippen molar-refractivity contribution in [1.82, 2.24) is 5.32 Å². The van der Waals surface area contributed by atoms with Gasteiger partial charge in [-0.15, -0.1) is 0 Å². The summed E-state index contributed by atoms with van der Waals surface area (Å²) in [5.41, 5.74) is -0.0412. The smallest absolute Gasteiger partial charge is 0.151 e. The molecule has 6 heteroatoms. The first-order chi connectivity index (χ1) is 8.48. The third-order valence-electron chi connectivity index (χ3n) is 3.09. The summed E-state index contributed by atoms with van der Waals surface area (Å²) < 4.78 is 49.6. The van der Waals surface area contributed by atoms with Gasteiger partial charge in [-0.1, -0.05) is 6.07 Å². The zero-order valence-corrected chi connectivity index (χ0v) is 10.6. The number of sulfone groups is 1. The Labute approximate surface area is 105 Å². The Kier molecular flexibility index (Phi) is 3.97. The molecular formula is C12H15F2NO2S. The molecule has 0 radical (unpaired) electrons. The second-order valence-electron chi connectivity index (χ2n) is 4.53. The first-order valence-electron chi connectivity index (χ1n) is 5.84. The molecule has 2 rings (SSSR count). The molecule has 1 aromatic carbocycles. The van der Waals surface area contributed by atoms with Crippen LogP contribution in [0.5, 0.6) is 0 Å². The minimum Gasteiger partial charge on any atom is -0.309 e. The monoisotopic (exact) mass is 275 g/mol. The lowest BCUT2D eigenvalue weighted by molar-refractivity contribution is 0.462. The summed E-state index contributed by atoms with van der Waals surface area (Å²) >= 11 is 0. The van der Waals surface area contributed by atoms with E-state index in [9.17, 15) is 17.2 Å². The van der Waals surface area contributed by atoms with Gasteiger partial charge in [-0.3, -0.25) is 0 Å². The number of rotatable bonds is 3. The van der Waals surface area contributed by atoms with E-state index in [0.29, 0.717) is 6.42 Å². The first-order valence-corrected chi connectivity index (χ1v) is 7.67. The fraction of sp³-hybridized carbons (Fsp3) is 0.500. The van der Waals surface area contributed by atoms with E-state index in [1.165, 1.54) is 18.2 Å². The van der Waals surface area contributed by atoms with Crippen molar-refractivity contribution in [2.75, 3.05) is 11.5 Å². The molecule has 18 heavy (non-hydrogen) atoms.